The van der Waals surface area contributed by atoms with Gasteiger partial charge < -0.3 is 5.32 Å². The van der Waals surface area contributed by atoms with Crippen molar-refractivity contribution in [1.29, 1.82) is 0 Å². The van der Waals surface area contributed by atoms with E-state index in [1.807, 2.05) is 16.8 Å². The summed E-state index contributed by atoms with van der Waals surface area (Å²) < 4.78 is 26.1. The van der Waals surface area contributed by atoms with Gasteiger partial charge in [0.15, 0.2) is 0 Å². The van der Waals surface area contributed by atoms with E-state index < -0.39 is 10.0 Å². The Morgan fingerprint density at radius 2 is 2.21 bits per heavy atom. The number of hydrogen-bond donors (Lipinski definition) is 1. The zero-order chi connectivity index (χ0) is 13.9. The Hall–Kier alpha value is -1.44. The van der Waals surface area contributed by atoms with Crippen LogP contribution in [0, 0.1) is 0 Å². The number of nitrogens with one attached hydrogen (secondary N) is 1. The van der Waals surface area contributed by atoms with E-state index >= 15 is 0 Å². The Morgan fingerprint density at radius 1 is 1.42 bits per heavy atom. The molecule has 0 saturated carbocycles. The van der Waals surface area contributed by atoms with Crippen LogP contribution in [0.4, 0.5) is 5.82 Å². The largest absolute Gasteiger partial charge is 0.373 e. The minimum absolute atomic E-state index is 0.240. The zero-order valence-electron chi connectivity index (χ0n) is 10.7. The maximum absolute atomic E-state index is 12.4. The summed E-state index contributed by atoms with van der Waals surface area (Å²) in [6.45, 7) is 0.364. The summed E-state index contributed by atoms with van der Waals surface area (Å²) >= 11 is 1.55. The topological polar surface area (TPSA) is 62.3 Å². The minimum atomic E-state index is -3.49. The van der Waals surface area contributed by atoms with Crippen LogP contribution >= 0.6 is 11.3 Å². The fraction of sp³-hybridized carbons (Fsp3) is 0.250. The third-order valence-corrected chi connectivity index (χ3v) is 5.21. The quantitative estimate of drug-likeness (QED) is 0.917. The monoisotopic (exact) mass is 297 g/mol. The summed E-state index contributed by atoms with van der Waals surface area (Å²) in [7, 11) is -0.212. The van der Waals surface area contributed by atoms with E-state index in [9.17, 15) is 8.42 Å². The molecule has 102 valence electrons. The molecule has 2 aromatic rings. The second-order valence-electron chi connectivity index (χ2n) is 4.02. The van der Waals surface area contributed by atoms with E-state index in [0.29, 0.717) is 12.4 Å². The van der Waals surface area contributed by atoms with Gasteiger partial charge in [-0.2, -0.15) is 15.6 Å². The molecule has 0 fully saturated rings. The first-order valence-electron chi connectivity index (χ1n) is 5.65. The van der Waals surface area contributed by atoms with Crippen LogP contribution in [-0.4, -0.2) is 31.8 Å². The Bertz CT molecular complexity index is 639. The van der Waals surface area contributed by atoms with Gasteiger partial charge in [-0.05, 0) is 28.5 Å². The maximum Gasteiger partial charge on any atom is 0.243 e. The van der Waals surface area contributed by atoms with Gasteiger partial charge in [-0.15, -0.1) is 0 Å². The molecule has 0 spiro atoms. The molecule has 0 aromatic carbocycles. The number of aromatic nitrogens is 1. The first-order valence-corrected chi connectivity index (χ1v) is 8.03. The van der Waals surface area contributed by atoms with E-state index in [1.165, 1.54) is 22.6 Å². The Kier molecular flexibility index (Phi) is 4.18. The summed E-state index contributed by atoms with van der Waals surface area (Å²) in [6.07, 6.45) is 1.48. The van der Waals surface area contributed by atoms with Gasteiger partial charge in [0.05, 0.1) is 4.90 Å². The van der Waals surface area contributed by atoms with E-state index in [0.717, 1.165) is 5.56 Å². The average Bonchev–Trinajstić information content (AvgIpc) is 2.91. The van der Waals surface area contributed by atoms with Crippen LogP contribution in [0.15, 0.2) is 40.1 Å². The van der Waals surface area contributed by atoms with Gasteiger partial charge in [-0.3, -0.25) is 0 Å². The van der Waals surface area contributed by atoms with Crippen LogP contribution in [-0.2, 0) is 16.6 Å². The first-order chi connectivity index (χ1) is 9.04. The summed E-state index contributed by atoms with van der Waals surface area (Å²) in [5, 5.41) is 6.71. The summed E-state index contributed by atoms with van der Waals surface area (Å²) in [6, 6.07) is 4.95. The third kappa shape index (κ3) is 3.12. The summed E-state index contributed by atoms with van der Waals surface area (Å²) in [5.74, 6) is 0.532. The lowest BCUT2D eigenvalue weighted by atomic mass is 10.3. The molecule has 0 radical (unpaired) electrons. The molecule has 0 atom stereocenters. The Labute approximate surface area is 117 Å². The molecular weight excluding hydrogens is 282 g/mol. The van der Waals surface area contributed by atoms with Gasteiger partial charge in [0.1, 0.15) is 5.82 Å². The van der Waals surface area contributed by atoms with Crippen LogP contribution in [0.1, 0.15) is 5.56 Å². The lowest BCUT2D eigenvalue weighted by Crippen LogP contribution is -2.26. The lowest BCUT2D eigenvalue weighted by Gasteiger charge is -2.16. The molecular formula is C12H15N3O2S2. The molecule has 0 saturated heterocycles. The van der Waals surface area contributed by atoms with Crippen LogP contribution in [0.5, 0.6) is 0 Å². The molecule has 0 amide bonds. The molecule has 19 heavy (non-hydrogen) atoms. The molecule has 0 unspecified atom stereocenters. The molecule has 5 nitrogen and oxygen atoms in total. The van der Waals surface area contributed by atoms with E-state index in [-0.39, 0.29) is 4.90 Å². The van der Waals surface area contributed by atoms with Crippen molar-refractivity contribution in [3.63, 3.8) is 0 Å². The Morgan fingerprint density at radius 3 is 2.84 bits per heavy atom. The smallest absolute Gasteiger partial charge is 0.243 e. The van der Waals surface area contributed by atoms with E-state index in [1.54, 1.807) is 25.4 Å². The molecule has 0 bridgehead atoms. The second-order valence-corrected chi connectivity index (χ2v) is 6.84. The first kappa shape index (κ1) is 14.0. The Balaban J connectivity index is 2.25. The van der Waals surface area contributed by atoms with Crippen molar-refractivity contribution in [2.75, 3.05) is 19.4 Å². The number of nitrogens with zero attached hydrogens (tertiary/aromatic N) is 2. The fourth-order valence-corrected chi connectivity index (χ4v) is 3.45. The number of anilines is 1. The lowest BCUT2D eigenvalue weighted by molar-refractivity contribution is 0.467. The number of sulfonamides is 1. The van der Waals surface area contributed by atoms with Crippen LogP contribution in [0.3, 0.4) is 0 Å². The molecule has 0 aliphatic heterocycles. The number of pyridine rings is 1. The highest BCUT2D eigenvalue weighted by atomic mass is 32.2. The second kappa shape index (κ2) is 5.68. The van der Waals surface area contributed by atoms with Crippen LogP contribution in [0.2, 0.25) is 0 Å². The van der Waals surface area contributed by atoms with Crippen molar-refractivity contribution in [3.05, 3.63) is 40.7 Å². The van der Waals surface area contributed by atoms with Crippen LogP contribution in [0.25, 0.3) is 0 Å². The van der Waals surface area contributed by atoms with Crippen molar-refractivity contribution < 1.29 is 8.42 Å². The number of hydrogen-bond acceptors (Lipinski definition) is 5. The SMILES string of the molecule is CNc1cc(S(=O)(=O)N(C)Cc2ccsc2)ccn1. The zero-order valence-corrected chi connectivity index (χ0v) is 12.3. The van der Waals surface area contributed by atoms with Gasteiger partial charge in [0, 0.05) is 32.9 Å². The van der Waals surface area contributed by atoms with Gasteiger partial charge in [0.2, 0.25) is 10.0 Å². The van der Waals surface area contributed by atoms with Gasteiger partial charge in [0.25, 0.3) is 0 Å². The standard InChI is InChI=1S/C12H15N3O2S2/c1-13-12-7-11(3-5-14-12)19(16,17)15(2)8-10-4-6-18-9-10/h3-7,9H,8H2,1-2H3,(H,13,14). The predicted octanol–water partition coefficient (Wildman–Crippen LogP) is 2.01. The average molecular weight is 297 g/mol. The molecule has 1 N–H and O–H groups in total. The fourth-order valence-electron chi connectivity index (χ4n) is 1.61. The van der Waals surface area contributed by atoms with Crippen molar-refractivity contribution in [3.8, 4) is 0 Å². The summed E-state index contributed by atoms with van der Waals surface area (Å²) in [5.41, 5.74) is 0.985. The highest BCUT2D eigenvalue weighted by Crippen LogP contribution is 2.19. The van der Waals surface area contributed by atoms with E-state index in [4.69, 9.17) is 0 Å². The molecule has 2 rings (SSSR count). The predicted molar refractivity (Wildman–Crippen MR) is 76.8 cm³/mol. The van der Waals surface area contributed by atoms with Crippen LogP contribution < -0.4 is 5.32 Å². The van der Waals surface area contributed by atoms with E-state index in [2.05, 4.69) is 10.3 Å². The minimum Gasteiger partial charge on any atom is -0.373 e. The summed E-state index contributed by atoms with van der Waals surface area (Å²) in [4.78, 5) is 4.25. The number of thiophene rings is 1. The van der Waals surface area contributed by atoms with Crippen molar-refractivity contribution in [2.45, 2.75) is 11.4 Å². The van der Waals surface area contributed by atoms with Crippen molar-refractivity contribution in [2.24, 2.45) is 0 Å². The maximum atomic E-state index is 12.4. The van der Waals surface area contributed by atoms with Crippen molar-refractivity contribution >= 4 is 27.2 Å². The van der Waals surface area contributed by atoms with Gasteiger partial charge in [-0.1, -0.05) is 0 Å². The molecule has 0 aliphatic rings. The highest BCUT2D eigenvalue weighted by molar-refractivity contribution is 7.89. The van der Waals surface area contributed by atoms with Crippen molar-refractivity contribution in [1.82, 2.24) is 9.29 Å². The molecule has 2 aromatic heterocycles. The van der Waals surface area contributed by atoms with Gasteiger partial charge in [-0.25, -0.2) is 13.4 Å². The molecule has 7 heteroatoms. The highest BCUT2D eigenvalue weighted by Gasteiger charge is 2.21. The molecule has 2 heterocycles. The third-order valence-electron chi connectivity index (χ3n) is 2.68. The molecule has 0 aliphatic carbocycles. The number of rotatable bonds is 5. The normalized spacial score (nSPS) is 11.7. The van der Waals surface area contributed by atoms with Gasteiger partial charge >= 0.3 is 0 Å².